The average Bonchev–Trinajstić information content (AvgIpc) is 2.35. The highest BCUT2D eigenvalue weighted by molar-refractivity contribution is 5.79. The first-order chi connectivity index (χ1) is 8.56. The molecule has 0 aromatic heterocycles. The molecule has 1 unspecified atom stereocenters. The predicted molar refractivity (Wildman–Crippen MR) is 73.6 cm³/mol. The highest BCUT2D eigenvalue weighted by Crippen LogP contribution is 2.10. The fraction of sp³-hybridized carbons (Fsp3) is 0.533. The topological polar surface area (TPSA) is 23.6 Å². The maximum absolute atomic E-state index is 12.2. The van der Waals surface area contributed by atoms with E-state index in [1.54, 1.807) is 0 Å². The maximum atomic E-state index is 12.2. The Balaban J connectivity index is 1.94. The Morgan fingerprint density at radius 1 is 1.28 bits per heavy atom. The Kier molecular flexibility index (Phi) is 4.02. The fourth-order valence-electron chi connectivity index (χ4n) is 2.27. The van der Waals surface area contributed by atoms with E-state index in [1.165, 1.54) is 5.56 Å². The summed E-state index contributed by atoms with van der Waals surface area (Å²) in [5, 5.41) is 0. The van der Waals surface area contributed by atoms with Crippen LogP contribution in [0, 0.1) is 6.92 Å². The first kappa shape index (κ1) is 13.1. The quantitative estimate of drug-likeness (QED) is 0.793. The zero-order valence-electron chi connectivity index (χ0n) is 11.5. The molecule has 1 aromatic carbocycles. The minimum Gasteiger partial charge on any atom is -0.340 e. The lowest BCUT2D eigenvalue weighted by molar-refractivity contribution is -0.133. The first-order valence-electron chi connectivity index (χ1n) is 6.60. The molecule has 3 heteroatoms. The lowest BCUT2D eigenvalue weighted by Gasteiger charge is -2.37. The van der Waals surface area contributed by atoms with Crippen LogP contribution in [0.15, 0.2) is 24.3 Å². The fourth-order valence-corrected chi connectivity index (χ4v) is 2.27. The van der Waals surface area contributed by atoms with Gasteiger partial charge in [0.15, 0.2) is 0 Å². The maximum Gasteiger partial charge on any atom is 0.227 e. The van der Waals surface area contributed by atoms with Gasteiger partial charge in [0.05, 0.1) is 6.42 Å². The molecule has 1 aliphatic rings. The summed E-state index contributed by atoms with van der Waals surface area (Å²) in [6.07, 6.45) is 0.525. The Labute approximate surface area is 109 Å². The van der Waals surface area contributed by atoms with Crippen molar-refractivity contribution in [1.29, 1.82) is 0 Å². The number of amides is 1. The monoisotopic (exact) mass is 246 g/mol. The number of aryl methyl sites for hydroxylation is 1. The van der Waals surface area contributed by atoms with Crippen LogP contribution in [0.5, 0.6) is 0 Å². The summed E-state index contributed by atoms with van der Waals surface area (Å²) < 4.78 is 0. The molecule has 3 nitrogen and oxygen atoms in total. The van der Waals surface area contributed by atoms with Crippen LogP contribution in [-0.2, 0) is 11.2 Å². The van der Waals surface area contributed by atoms with Gasteiger partial charge < -0.3 is 9.80 Å². The molecule has 98 valence electrons. The Bertz CT molecular complexity index is 413. The molecule has 2 rings (SSSR count). The van der Waals surface area contributed by atoms with Gasteiger partial charge in [-0.1, -0.05) is 29.8 Å². The molecule has 0 saturated carbocycles. The van der Waals surface area contributed by atoms with Gasteiger partial charge in [0.25, 0.3) is 0 Å². The van der Waals surface area contributed by atoms with Crippen molar-refractivity contribution in [2.24, 2.45) is 0 Å². The van der Waals surface area contributed by atoms with Crippen molar-refractivity contribution in [2.45, 2.75) is 26.3 Å². The molecule has 1 heterocycles. The molecule has 0 N–H and O–H groups in total. The molecular weight excluding hydrogens is 224 g/mol. The van der Waals surface area contributed by atoms with Crippen LogP contribution in [0.25, 0.3) is 0 Å². The van der Waals surface area contributed by atoms with Crippen molar-refractivity contribution < 1.29 is 4.79 Å². The third-order valence-corrected chi connectivity index (χ3v) is 3.79. The Hall–Kier alpha value is -1.35. The van der Waals surface area contributed by atoms with Crippen molar-refractivity contribution in [2.75, 3.05) is 26.7 Å². The van der Waals surface area contributed by atoms with E-state index in [0.717, 1.165) is 25.2 Å². The zero-order chi connectivity index (χ0) is 13.1. The van der Waals surface area contributed by atoms with E-state index in [4.69, 9.17) is 0 Å². The van der Waals surface area contributed by atoms with Crippen molar-refractivity contribution in [3.8, 4) is 0 Å². The van der Waals surface area contributed by atoms with Gasteiger partial charge in [0.2, 0.25) is 5.91 Å². The number of hydrogen-bond acceptors (Lipinski definition) is 2. The summed E-state index contributed by atoms with van der Waals surface area (Å²) in [5.74, 6) is 0.249. The summed E-state index contributed by atoms with van der Waals surface area (Å²) in [6, 6.07) is 8.69. The van der Waals surface area contributed by atoms with Crippen molar-refractivity contribution >= 4 is 5.91 Å². The molecule has 0 bridgehead atoms. The molecule has 0 radical (unpaired) electrons. The second-order valence-corrected chi connectivity index (χ2v) is 5.33. The van der Waals surface area contributed by atoms with Gasteiger partial charge in [-0.15, -0.1) is 0 Å². The van der Waals surface area contributed by atoms with Gasteiger partial charge in [-0.3, -0.25) is 4.79 Å². The van der Waals surface area contributed by atoms with Crippen LogP contribution in [0.1, 0.15) is 18.1 Å². The van der Waals surface area contributed by atoms with Gasteiger partial charge in [0, 0.05) is 25.7 Å². The van der Waals surface area contributed by atoms with Gasteiger partial charge in [-0.05, 0) is 26.5 Å². The predicted octanol–water partition coefficient (Wildman–Crippen LogP) is 1.70. The van der Waals surface area contributed by atoms with Crippen molar-refractivity contribution in [3.05, 3.63) is 35.4 Å². The largest absolute Gasteiger partial charge is 0.340 e. The second kappa shape index (κ2) is 5.53. The Morgan fingerprint density at radius 3 is 2.56 bits per heavy atom. The summed E-state index contributed by atoms with van der Waals surface area (Å²) in [6.45, 7) is 6.91. The number of piperazine rings is 1. The summed E-state index contributed by atoms with van der Waals surface area (Å²) in [7, 11) is 2.12. The summed E-state index contributed by atoms with van der Waals surface area (Å²) >= 11 is 0. The van der Waals surface area contributed by atoms with Gasteiger partial charge >= 0.3 is 0 Å². The number of carbonyl (C=O) groups excluding carboxylic acids is 1. The lowest BCUT2D eigenvalue weighted by Crippen LogP contribution is -2.52. The van der Waals surface area contributed by atoms with Crippen LogP contribution in [0.2, 0.25) is 0 Å². The molecule has 0 aliphatic carbocycles. The molecule has 1 amide bonds. The minimum absolute atomic E-state index is 0.249. The van der Waals surface area contributed by atoms with Crippen LogP contribution in [0.4, 0.5) is 0 Å². The SMILES string of the molecule is Cc1ccc(CC(=O)N2CCN(C)C(C)C2)cc1. The van der Waals surface area contributed by atoms with Crippen molar-refractivity contribution in [1.82, 2.24) is 9.80 Å². The van der Waals surface area contributed by atoms with E-state index in [1.807, 2.05) is 17.0 Å². The molecule has 1 saturated heterocycles. The number of nitrogens with zero attached hydrogens (tertiary/aromatic N) is 2. The van der Waals surface area contributed by atoms with E-state index >= 15 is 0 Å². The van der Waals surface area contributed by atoms with Crippen LogP contribution in [0.3, 0.4) is 0 Å². The standard InChI is InChI=1S/C15H22N2O/c1-12-4-6-14(7-5-12)10-15(18)17-9-8-16(3)13(2)11-17/h4-7,13H,8-11H2,1-3H3. The van der Waals surface area contributed by atoms with E-state index in [-0.39, 0.29) is 5.91 Å². The molecule has 18 heavy (non-hydrogen) atoms. The molecule has 1 atom stereocenters. The average molecular weight is 246 g/mol. The smallest absolute Gasteiger partial charge is 0.227 e. The number of benzene rings is 1. The van der Waals surface area contributed by atoms with E-state index in [2.05, 4.69) is 37.9 Å². The number of likely N-dealkylation sites (N-methyl/N-ethyl adjacent to an activating group) is 1. The number of rotatable bonds is 2. The third kappa shape index (κ3) is 3.10. The zero-order valence-corrected chi connectivity index (χ0v) is 11.5. The molecule has 0 spiro atoms. The van der Waals surface area contributed by atoms with Gasteiger partial charge in [-0.25, -0.2) is 0 Å². The molecule has 1 fully saturated rings. The highest BCUT2D eigenvalue weighted by Gasteiger charge is 2.23. The Morgan fingerprint density at radius 2 is 1.94 bits per heavy atom. The van der Waals surface area contributed by atoms with Crippen LogP contribution in [-0.4, -0.2) is 48.4 Å². The van der Waals surface area contributed by atoms with Crippen LogP contribution < -0.4 is 0 Å². The van der Waals surface area contributed by atoms with Crippen molar-refractivity contribution in [3.63, 3.8) is 0 Å². The number of hydrogen-bond donors (Lipinski definition) is 0. The lowest BCUT2D eigenvalue weighted by atomic mass is 10.1. The normalized spacial score (nSPS) is 21.1. The van der Waals surface area contributed by atoms with Gasteiger partial charge in [0.1, 0.15) is 0 Å². The van der Waals surface area contributed by atoms with Crippen LogP contribution >= 0.6 is 0 Å². The molecule has 1 aromatic rings. The first-order valence-corrected chi connectivity index (χ1v) is 6.60. The minimum atomic E-state index is 0.249. The number of carbonyl (C=O) groups is 1. The van der Waals surface area contributed by atoms with E-state index in [0.29, 0.717) is 12.5 Å². The second-order valence-electron chi connectivity index (χ2n) is 5.33. The van der Waals surface area contributed by atoms with E-state index < -0.39 is 0 Å². The summed E-state index contributed by atoms with van der Waals surface area (Å²) in [5.41, 5.74) is 2.34. The molecule has 1 aliphatic heterocycles. The third-order valence-electron chi connectivity index (χ3n) is 3.79. The van der Waals surface area contributed by atoms with Gasteiger partial charge in [-0.2, -0.15) is 0 Å². The summed E-state index contributed by atoms with van der Waals surface area (Å²) in [4.78, 5) is 16.5. The van der Waals surface area contributed by atoms with E-state index in [9.17, 15) is 4.79 Å². The molecular formula is C15H22N2O. The highest BCUT2D eigenvalue weighted by atomic mass is 16.2.